The standard InChI is InChI=1S/C13H18N2O3/c1-9-10(3-2-4-13(9)15(16)17)8-18-12-6-5-11(14)7-12/h2-4,11-12H,5-8,14H2,1H3. The van der Waals surface area contributed by atoms with Crippen LogP contribution in [0.2, 0.25) is 0 Å². The van der Waals surface area contributed by atoms with Crippen LogP contribution in [0, 0.1) is 17.0 Å². The Morgan fingerprint density at radius 3 is 2.89 bits per heavy atom. The van der Waals surface area contributed by atoms with E-state index in [4.69, 9.17) is 10.5 Å². The van der Waals surface area contributed by atoms with Crippen LogP contribution in [0.3, 0.4) is 0 Å². The van der Waals surface area contributed by atoms with Crippen molar-refractivity contribution in [3.8, 4) is 0 Å². The van der Waals surface area contributed by atoms with Crippen molar-refractivity contribution in [2.75, 3.05) is 0 Å². The molecule has 0 spiro atoms. The van der Waals surface area contributed by atoms with Crippen molar-refractivity contribution in [1.29, 1.82) is 0 Å². The maximum absolute atomic E-state index is 10.8. The lowest BCUT2D eigenvalue weighted by Gasteiger charge is -2.13. The molecule has 2 atom stereocenters. The molecule has 2 N–H and O–H groups in total. The molecular formula is C13H18N2O3. The SMILES string of the molecule is Cc1c(COC2CCC(N)C2)cccc1[N+](=O)[O-]. The molecule has 2 unspecified atom stereocenters. The Morgan fingerprint density at radius 2 is 2.28 bits per heavy atom. The number of ether oxygens (including phenoxy) is 1. The van der Waals surface area contributed by atoms with Crippen molar-refractivity contribution in [1.82, 2.24) is 0 Å². The summed E-state index contributed by atoms with van der Waals surface area (Å²) >= 11 is 0. The summed E-state index contributed by atoms with van der Waals surface area (Å²) in [5, 5.41) is 10.8. The molecule has 1 aliphatic carbocycles. The summed E-state index contributed by atoms with van der Waals surface area (Å²) < 4.78 is 5.77. The lowest BCUT2D eigenvalue weighted by atomic mass is 10.1. The third-order valence-corrected chi connectivity index (χ3v) is 3.51. The molecule has 18 heavy (non-hydrogen) atoms. The van der Waals surface area contributed by atoms with Crippen LogP contribution < -0.4 is 5.73 Å². The van der Waals surface area contributed by atoms with Gasteiger partial charge in [-0.15, -0.1) is 0 Å². The first-order valence-electron chi connectivity index (χ1n) is 6.18. The summed E-state index contributed by atoms with van der Waals surface area (Å²) in [7, 11) is 0. The first-order valence-corrected chi connectivity index (χ1v) is 6.18. The van der Waals surface area contributed by atoms with Gasteiger partial charge in [0.15, 0.2) is 0 Å². The molecule has 1 saturated carbocycles. The second kappa shape index (κ2) is 5.46. The lowest BCUT2D eigenvalue weighted by Crippen LogP contribution is -2.17. The van der Waals surface area contributed by atoms with Crippen molar-refractivity contribution in [2.45, 2.75) is 44.9 Å². The highest BCUT2D eigenvalue weighted by molar-refractivity contribution is 5.44. The van der Waals surface area contributed by atoms with Crippen LogP contribution in [0.5, 0.6) is 0 Å². The van der Waals surface area contributed by atoms with Crippen molar-refractivity contribution < 1.29 is 9.66 Å². The number of nitrogens with two attached hydrogens (primary N) is 1. The monoisotopic (exact) mass is 250 g/mol. The summed E-state index contributed by atoms with van der Waals surface area (Å²) in [5.74, 6) is 0. The lowest BCUT2D eigenvalue weighted by molar-refractivity contribution is -0.385. The van der Waals surface area contributed by atoms with Gasteiger partial charge in [-0.25, -0.2) is 0 Å². The Balaban J connectivity index is 2.01. The average molecular weight is 250 g/mol. The van der Waals surface area contributed by atoms with E-state index in [1.165, 1.54) is 6.07 Å². The first kappa shape index (κ1) is 13.0. The molecule has 1 aromatic rings. The summed E-state index contributed by atoms with van der Waals surface area (Å²) in [6.45, 7) is 2.18. The molecule has 0 aliphatic heterocycles. The van der Waals surface area contributed by atoms with Gasteiger partial charge in [-0.2, -0.15) is 0 Å². The third-order valence-electron chi connectivity index (χ3n) is 3.51. The van der Waals surface area contributed by atoms with Gasteiger partial charge in [0.25, 0.3) is 5.69 Å². The van der Waals surface area contributed by atoms with E-state index in [-0.39, 0.29) is 22.8 Å². The highest BCUT2D eigenvalue weighted by Crippen LogP contribution is 2.25. The van der Waals surface area contributed by atoms with Gasteiger partial charge >= 0.3 is 0 Å². The van der Waals surface area contributed by atoms with Crippen molar-refractivity contribution in [2.24, 2.45) is 5.73 Å². The molecule has 1 fully saturated rings. The van der Waals surface area contributed by atoms with E-state index < -0.39 is 0 Å². The number of nitrogens with zero attached hydrogens (tertiary/aromatic N) is 1. The topological polar surface area (TPSA) is 78.4 Å². The van der Waals surface area contributed by atoms with Crippen LogP contribution >= 0.6 is 0 Å². The largest absolute Gasteiger partial charge is 0.373 e. The average Bonchev–Trinajstić information content (AvgIpc) is 2.73. The predicted molar refractivity (Wildman–Crippen MR) is 68.2 cm³/mol. The summed E-state index contributed by atoms with van der Waals surface area (Å²) in [6, 6.07) is 5.33. The minimum absolute atomic E-state index is 0.152. The molecule has 0 bridgehead atoms. The quantitative estimate of drug-likeness (QED) is 0.657. The summed E-state index contributed by atoms with van der Waals surface area (Å²) in [4.78, 5) is 10.5. The van der Waals surface area contributed by atoms with Crippen LogP contribution in [0.4, 0.5) is 5.69 Å². The van der Waals surface area contributed by atoms with Crippen molar-refractivity contribution >= 4 is 5.69 Å². The van der Waals surface area contributed by atoms with E-state index in [2.05, 4.69) is 0 Å². The molecule has 0 saturated heterocycles. The van der Waals surface area contributed by atoms with Gasteiger partial charge in [-0.05, 0) is 31.7 Å². The molecule has 0 amide bonds. The highest BCUT2D eigenvalue weighted by atomic mass is 16.6. The van der Waals surface area contributed by atoms with Gasteiger partial charge in [0, 0.05) is 17.7 Å². The van der Waals surface area contributed by atoms with Crippen LogP contribution in [-0.4, -0.2) is 17.1 Å². The molecule has 1 aliphatic rings. The summed E-state index contributed by atoms with van der Waals surface area (Å²) in [5.41, 5.74) is 7.53. The van der Waals surface area contributed by atoms with Gasteiger partial charge in [-0.3, -0.25) is 10.1 Å². The molecule has 5 heteroatoms. The van der Waals surface area contributed by atoms with E-state index in [0.29, 0.717) is 12.2 Å². The molecular weight excluding hydrogens is 232 g/mol. The Kier molecular flexibility index (Phi) is 3.93. The second-order valence-corrected chi connectivity index (χ2v) is 4.82. The van der Waals surface area contributed by atoms with Crippen molar-refractivity contribution in [3.63, 3.8) is 0 Å². The number of nitro groups is 1. The fraction of sp³-hybridized carbons (Fsp3) is 0.538. The van der Waals surface area contributed by atoms with Gasteiger partial charge in [0.1, 0.15) is 0 Å². The van der Waals surface area contributed by atoms with E-state index in [1.54, 1.807) is 13.0 Å². The van der Waals surface area contributed by atoms with E-state index in [1.807, 2.05) is 6.07 Å². The second-order valence-electron chi connectivity index (χ2n) is 4.82. The van der Waals surface area contributed by atoms with E-state index in [9.17, 15) is 10.1 Å². The molecule has 0 radical (unpaired) electrons. The first-order chi connectivity index (χ1) is 8.58. The normalized spacial score (nSPS) is 23.2. The van der Waals surface area contributed by atoms with Crippen LogP contribution in [0.1, 0.15) is 30.4 Å². The predicted octanol–water partition coefficient (Wildman–Crippen LogP) is 2.30. The number of rotatable bonds is 4. The number of nitro benzene ring substituents is 1. The van der Waals surface area contributed by atoms with E-state index in [0.717, 1.165) is 24.8 Å². The smallest absolute Gasteiger partial charge is 0.272 e. The van der Waals surface area contributed by atoms with E-state index >= 15 is 0 Å². The van der Waals surface area contributed by atoms with Crippen LogP contribution in [0.15, 0.2) is 18.2 Å². The van der Waals surface area contributed by atoms with Gasteiger partial charge in [0.05, 0.1) is 17.6 Å². The molecule has 98 valence electrons. The molecule has 2 rings (SSSR count). The number of hydrogen-bond acceptors (Lipinski definition) is 4. The number of benzene rings is 1. The number of hydrogen-bond donors (Lipinski definition) is 1. The highest BCUT2D eigenvalue weighted by Gasteiger charge is 2.22. The van der Waals surface area contributed by atoms with Gasteiger partial charge in [0.2, 0.25) is 0 Å². The van der Waals surface area contributed by atoms with Crippen LogP contribution in [0.25, 0.3) is 0 Å². The minimum Gasteiger partial charge on any atom is -0.373 e. The van der Waals surface area contributed by atoms with Crippen molar-refractivity contribution in [3.05, 3.63) is 39.4 Å². The zero-order chi connectivity index (χ0) is 13.1. The van der Waals surface area contributed by atoms with Gasteiger partial charge < -0.3 is 10.5 Å². The summed E-state index contributed by atoms with van der Waals surface area (Å²) in [6.07, 6.45) is 3.06. The Bertz CT molecular complexity index is 448. The Morgan fingerprint density at radius 1 is 1.50 bits per heavy atom. The van der Waals surface area contributed by atoms with Gasteiger partial charge in [-0.1, -0.05) is 12.1 Å². The Labute approximate surface area is 106 Å². The molecule has 0 aromatic heterocycles. The zero-order valence-corrected chi connectivity index (χ0v) is 10.5. The Hall–Kier alpha value is -1.46. The molecule has 0 heterocycles. The maximum Gasteiger partial charge on any atom is 0.272 e. The third kappa shape index (κ3) is 2.86. The fourth-order valence-electron chi connectivity index (χ4n) is 2.36. The fourth-order valence-corrected chi connectivity index (χ4v) is 2.36. The molecule has 5 nitrogen and oxygen atoms in total. The molecule has 1 aromatic carbocycles. The minimum atomic E-state index is -0.357. The zero-order valence-electron chi connectivity index (χ0n) is 10.5. The maximum atomic E-state index is 10.8. The van der Waals surface area contributed by atoms with Crippen LogP contribution in [-0.2, 0) is 11.3 Å².